The summed E-state index contributed by atoms with van der Waals surface area (Å²) in [5.41, 5.74) is 1.34. The van der Waals surface area contributed by atoms with Crippen molar-refractivity contribution in [2.24, 2.45) is 17.8 Å². The van der Waals surface area contributed by atoms with Crippen LogP contribution in [-0.2, 0) is 4.79 Å². The van der Waals surface area contributed by atoms with Crippen LogP contribution in [-0.4, -0.2) is 18.0 Å². The van der Waals surface area contributed by atoms with Crippen LogP contribution in [0.3, 0.4) is 0 Å². The van der Waals surface area contributed by atoms with Crippen molar-refractivity contribution in [3.05, 3.63) is 34.9 Å². The minimum Gasteiger partial charge on any atom is -0.346 e. The summed E-state index contributed by atoms with van der Waals surface area (Å²) in [6.07, 6.45) is 7.89. The Labute approximate surface area is 149 Å². The van der Waals surface area contributed by atoms with E-state index >= 15 is 0 Å². The SMILES string of the molecule is C[C@@H]([NH2+]CC(=O)NC12CC3CC(CC(C3)C1)C2)c1ccc(Cl)cc1. The van der Waals surface area contributed by atoms with Gasteiger partial charge in [-0.15, -0.1) is 0 Å². The number of nitrogens with one attached hydrogen (secondary N) is 1. The molecule has 4 heteroatoms. The molecule has 3 N–H and O–H groups in total. The zero-order valence-electron chi connectivity index (χ0n) is 14.4. The normalized spacial score (nSPS) is 35.0. The largest absolute Gasteiger partial charge is 0.346 e. The number of nitrogens with two attached hydrogens (primary N) is 1. The highest BCUT2D eigenvalue weighted by Crippen LogP contribution is 2.55. The van der Waals surface area contributed by atoms with E-state index in [1.165, 1.54) is 44.1 Å². The lowest BCUT2D eigenvalue weighted by Gasteiger charge is -2.56. The summed E-state index contributed by atoms with van der Waals surface area (Å²) in [4.78, 5) is 12.6. The molecule has 0 aliphatic heterocycles. The van der Waals surface area contributed by atoms with E-state index in [1.54, 1.807) is 0 Å². The summed E-state index contributed by atoms with van der Waals surface area (Å²) in [6, 6.07) is 8.18. The topological polar surface area (TPSA) is 45.7 Å². The number of hydrogen-bond donors (Lipinski definition) is 2. The molecule has 0 saturated heterocycles. The Morgan fingerprint density at radius 1 is 1.17 bits per heavy atom. The lowest BCUT2D eigenvalue weighted by molar-refractivity contribution is -0.682. The third-order valence-corrected chi connectivity index (χ3v) is 6.75. The zero-order chi connectivity index (χ0) is 16.7. The van der Waals surface area contributed by atoms with Gasteiger partial charge in [0.1, 0.15) is 6.04 Å². The summed E-state index contributed by atoms with van der Waals surface area (Å²) < 4.78 is 0. The Kier molecular flexibility index (Phi) is 4.34. The first-order valence-electron chi connectivity index (χ1n) is 9.41. The molecule has 4 aliphatic rings. The Morgan fingerprint density at radius 3 is 2.25 bits per heavy atom. The molecule has 0 heterocycles. The van der Waals surface area contributed by atoms with Crippen molar-refractivity contribution in [3.8, 4) is 0 Å². The van der Waals surface area contributed by atoms with Gasteiger partial charge in [-0.3, -0.25) is 4.79 Å². The van der Waals surface area contributed by atoms with Gasteiger partial charge in [-0.1, -0.05) is 23.7 Å². The molecule has 1 atom stereocenters. The number of carbonyl (C=O) groups is 1. The van der Waals surface area contributed by atoms with Gasteiger partial charge < -0.3 is 10.6 Å². The predicted molar refractivity (Wildman–Crippen MR) is 95.7 cm³/mol. The van der Waals surface area contributed by atoms with Gasteiger partial charge in [0, 0.05) is 16.1 Å². The molecular formula is C20H28ClN2O+. The van der Waals surface area contributed by atoms with Crippen LogP contribution in [0.2, 0.25) is 5.02 Å². The smallest absolute Gasteiger partial charge is 0.275 e. The van der Waals surface area contributed by atoms with E-state index < -0.39 is 0 Å². The predicted octanol–water partition coefficient (Wildman–Crippen LogP) is 3.05. The monoisotopic (exact) mass is 347 g/mol. The molecule has 1 aromatic carbocycles. The van der Waals surface area contributed by atoms with Crippen LogP contribution < -0.4 is 10.6 Å². The number of quaternary nitrogens is 1. The molecule has 24 heavy (non-hydrogen) atoms. The summed E-state index contributed by atoms with van der Waals surface area (Å²) in [5, 5.41) is 6.33. The fraction of sp³-hybridized carbons (Fsp3) is 0.650. The van der Waals surface area contributed by atoms with E-state index in [9.17, 15) is 4.79 Å². The van der Waals surface area contributed by atoms with E-state index in [0.29, 0.717) is 6.54 Å². The van der Waals surface area contributed by atoms with Gasteiger partial charge in [-0.25, -0.2) is 0 Å². The van der Waals surface area contributed by atoms with Crippen molar-refractivity contribution in [2.75, 3.05) is 6.54 Å². The maximum Gasteiger partial charge on any atom is 0.275 e. The maximum atomic E-state index is 12.6. The second kappa shape index (κ2) is 6.34. The zero-order valence-corrected chi connectivity index (χ0v) is 15.2. The van der Waals surface area contributed by atoms with Crippen LogP contribution >= 0.6 is 11.6 Å². The molecule has 0 aromatic heterocycles. The van der Waals surface area contributed by atoms with Crippen LogP contribution in [0.4, 0.5) is 0 Å². The Morgan fingerprint density at radius 2 is 1.71 bits per heavy atom. The van der Waals surface area contributed by atoms with Gasteiger partial charge in [0.25, 0.3) is 5.91 Å². The van der Waals surface area contributed by atoms with Crippen LogP contribution in [0.5, 0.6) is 0 Å². The molecule has 5 rings (SSSR count). The molecule has 3 nitrogen and oxygen atoms in total. The van der Waals surface area contributed by atoms with Gasteiger partial charge in [0.05, 0.1) is 0 Å². The standard InChI is InChI=1S/C20H27ClN2O/c1-13(17-2-4-18(21)5-3-17)22-12-19(24)23-20-9-14-6-15(10-20)8-16(7-14)11-20/h2-5,13-16,22H,6-12H2,1H3,(H,23,24)/p+1/t13-,14?,15?,16?,20?/m1/s1. The molecule has 1 aromatic rings. The van der Waals surface area contributed by atoms with Gasteiger partial charge in [0.2, 0.25) is 0 Å². The van der Waals surface area contributed by atoms with Gasteiger partial charge in [0.15, 0.2) is 6.54 Å². The lowest BCUT2D eigenvalue weighted by atomic mass is 9.53. The minimum atomic E-state index is 0.128. The molecule has 130 valence electrons. The third kappa shape index (κ3) is 3.34. The number of halogens is 1. The maximum absolute atomic E-state index is 12.6. The average Bonchev–Trinajstić information content (AvgIpc) is 2.51. The number of hydrogen-bond acceptors (Lipinski definition) is 1. The van der Waals surface area contributed by atoms with E-state index in [4.69, 9.17) is 11.6 Å². The van der Waals surface area contributed by atoms with Crippen LogP contribution in [0.25, 0.3) is 0 Å². The van der Waals surface area contributed by atoms with Crippen molar-refractivity contribution in [2.45, 2.75) is 57.0 Å². The van der Waals surface area contributed by atoms with Crippen molar-refractivity contribution in [3.63, 3.8) is 0 Å². The molecular weight excluding hydrogens is 320 g/mol. The van der Waals surface area contributed by atoms with Crippen molar-refractivity contribution < 1.29 is 10.1 Å². The summed E-state index contributed by atoms with van der Waals surface area (Å²) in [5.74, 6) is 2.81. The molecule has 4 fully saturated rings. The fourth-order valence-corrected chi connectivity index (χ4v) is 5.92. The summed E-state index contributed by atoms with van der Waals surface area (Å²) in [6.45, 7) is 2.65. The highest BCUT2D eigenvalue weighted by Gasteiger charge is 2.51. The number of amides is 1. The Bertz CT molecular complexity index is 577. The summed E-state index contributed by atoms with van der Waals surface area (Å²) in [7, 11) is 0. The molecule has 4 aliphatic carbocycles. The van der Waals surface area contributed by atoms with Crippen LogP contribution in [0.1, 0.15) is 57.1 Å². The average molecular weight is 348 g/mol. The van der Waals surface area contributed by atoms with E-state index in [0.717, 1.165) is 22.8 Å². The lowest BCUT2D eigenvalue weighted by Crippen LogP contribution is -2.87. The molecule has 0 unspecified atom stereocenters. The fourth-order valence-electron chi connectivity index (χ4n) is 5.80. The van der Waals surface area contributed by atoms with Gasteiger partial charge in [-0.05, 0) is 75.3 Å². The first-order valence-corrected chi connectivity index (χ1v) is 9.79. The summed E-state index contributed by atoms with van der Waals surface area (Å²) >= 11 is 5.94. The van der Waals surface area contributed by atoms with Crippen LogP contribution in [0, 0.1) is 17.8 Å². The van der Waals surface area contributed by atoms with Crippen molar-refractivity contribution >= 4 is 17.5 Å². The highest BCUT2D eigenvalue weighted by atomic mass is 35.5. The minimum absolute atomic E-state index is 0.128. The second-order valence-electron chi connectivity index (χ2n) is 8.53. The van der Waals surface area contributed by atoms with E-state index in [2.05, 4.69) is 17.6 Å². The molecule has 0 radical (unpaired) electrons. The Hall–Kier alpha value is -1.06. The highest BCUT2D eigenvalue weighted by molar-refractivity contribution is 6.30. The molecule has 4 bridgehead atoms. The first kappa shape index (κ1) is 16.4. The van der Waals surface area contributed by atoms with E-state index in [1.807, 2.05) is 24.3 Å². The van der Waals surface area contributed by atoms with Crippen molar-refractivity contribution in [1.29, 1.82) is 0 Å². The number of rotatable bonds is 5. The Balaban J connectivity index is 1.31. The molecule has 1 amide bonds. The van der Waals surface area contributed by atoms with Gasteiger partial charge in [-0.2, -0.15) is 0 Å². The van der Waals surface area contributed by atoms with Gasteiger partial charge >= 0.3 is 0 Å². The van der Waals surface area contributed by atoms with E-state index in [-0.39, 0.29) is 17.5 Å². The second-order valence-corrected chi connectivity index (χ2v) is 8.96. The van der Waals surface area contributed by atoms with Crippen LogP contribution in [0.15, 0.2) is 24.3 Å². The van der Waals surface area contributed by atoms with Crippen molar-refractivity contribution in [1.82, 2.24) is 5.32 Å². The quantitative estimate of drug-likeness (QED) is 0.844. The third-order valence-electron chi connectivity index (χ3n) is 6.50. The number of carbonyl (C=O) groups excluding carboxylic acids is 1. The molecule has 0 spiro atoms. The number of benzene rings is 1. The molecule has 4 saturated carbocycles. The first-order chi connectivity index (χ1) is 11.5.